The van der Waals surface area contributed by atoms with Crippen LogP contribution < -0.4 is 5.73 Å². The minimum absolute atomic E-state index is 0.244. The van der Waals surface area contributed by atoms with E-state index >= 15 is 0 Å². The SMILES string of the molecule is CC(CO)CN(CCCN)Cc1ccccc1. The number of nitrogens with zero attached hydrogens (tertiary/aromatic N) is 1. The van der Waals surface area contributed by atoms with E-state index in [1.807, 2.05) is 6.07 Å². The monoisotopic (exact) mass is 236 g/mol. The summed E-state index contributed by atoms with van der Waals surface area (Å²) in [6.45, 7) is 5.89. The van der Waals surface area contributed by atoms with Crippen LogP contribution in [0.5, 0.6) is 0 Å². The minimum Gasteiger partial charge on any atom is -0.396 e. The predicted molar refractivity (Wildman–Crippen MR) is 71.6 cm³/mol. The van der Waals surface area contributed by atoms with Gasteiger partial charge in [0.1, 0.15) is 0 Å². The van der Waals surface area contributed by atoms with Crippen molar-refractivity contribution in [1.82, 2.24) is 4.90 Å². The van der Waals surface area contributed by atoms with Gasteiger partial charge in [-0.25, -0.2) is 0 Å². The average molecular weight is 236 g/mol. The third-order valence-electron chi connectivity index (χ3n) is 2.81. The normalized spacial score (nSPS) is 12.9. The number of hydrogen-bond acceptors (Lipinski definition) is 3. The Balaban J connectivity index is 2.50. The van der Waals surface area contributed by atoms with Crippen LogP contribution in [0, 0.1) is 5.92 Å². The van der Waals surface area contributed by atoms with E-state index in [9.17, 15) is 0 Å². The number of benzene rings is 1. The molecule has 0 spiro atoms. The molecule has 0 fully saturated rings. The largest absolute Gasteiger partial charge is 0.396 e. The molecule has 1 aromatic carbocycles. The van der Waals surface area contributed by atoms with Gasteiger partial charge in [-0.1, -0.05) is 37.3 Å². The molecular formula is C14H24N2O. The van der Waals surface area contributed by atoms with Crippen molar-refractivity contribution in [3.8, 4) is 0 Å². The van der Waals surface area contributed by atoms with E-state index in [0.29, 0.717) is 5.92 Å². The Kier molecular flexibility index (Phi) is 6.86. The molecular weight excluding hydrogens is 212 g/mol. The Morgan fingerprint density at radius 1 is 1.29 bits per heavy atom. The van der Waals surface area contributed by atoms with Crippen LogP contribution in [0.25, 0.3) is 0 Å². The molecule has 0 aliphatic carbocycles. The first-order valence-corrected chi connectivity index (χ1v) is 6.33. The van der Waals surface area contributed by atoms with Crippen LogP contribution in [-0.4, -0.2) is 36.2 Å². The van der Waals surface area contributed by atoms with Gasteiger partial charge in [-0.05, 0) is 31.0 Å². The lowest BCUT2D eigenvalue weighted by Gasteiger charge is -2.24. The van der Waals surface area contributed by atoms with Crippen molar-refractivity contribution in [3.63, 3.8) is 0 Å². The van der Waals surface area contributed by atoms with Gasteiger partial charge in [0, 0.05) is 19.7 Å². The highest BCUT2D eigenvalue weighted by Gasteiger charge is 2.09. The molecule has 0 amide bonds. The number of aliphatic hydroxyl groups excluding tert-OH is 1. The summed E-state index contributed by atoms with van der Waals surface area (Å²) in [5.74, 6) is 0.316. The topological polar surface area (TPSA) is 49.5 Å². The van der Waals surface area contributed by atoms with Crippen LogP contribution in [-0.2, 0) is 6.54 Å². The Morgan fingerprint density at radius 2 is 2.00 bits per heavy atom. The number of nitrogens with two attached hydrogens (primary N) is 1. The Labute approximate surface area is 104 Å². The van der Waals surface area contributed by atoms with Gasteiger partial charge in [-0.2, -0.15) is 0 Å². The van der Waals surface area contributed by atoms with Crippen molar-refractivity contribution in [2.45, 2.75) is 19.9 Å². The zero-order valence-corrected chi connectivity index (χ0v) is 10.7. The van der Waals surface area contributed by atoms with E-state index < -0.39 is 0 Å². The zero-order chi connectivity index (χ0) is 12.5. The summed E-state index contributed by atoms with van der Waals surface area (Å²) >= 11 is 0. The maximum atomic E-state index is 9.12. The number of rotatable bonds is 8. The maximum Gasteiger partial charge on any atom is 0.0468 e. The molecule has 1 unspecified atom stereocenters. The smallest absolute Gasteiger partial charge is 0.0468 e. The zero-order valence-electron chi connectivity index (χ0n) is 10.7. The average Bonchev–Trinajstić information content (AvgIpc) is 2.37. The van der Waals surface area contributed by atoms with E-state index in [2.05, 4.69) is 36.1 Å². The molecule has 0 radical (unpaired) electrons. The van der Waals surface area contributed by atoms with E-state index in [1.54, 1.807) is 0 Å². The maximum absolute atomic E-state index is 9.12. The molecule has 3 heteroatoms. The molecule has 96 valence electrons. The Hall–Kier alpha value is -0.900. The highest BCUT2D eigenvalue weighted by molar-refractivity contribution is 5.14. The van der Waals surface area contributed by atoms with Gasteiger partial charge in [0.25, 0.3) is 0 Å². The highest BCUT2D eigenvalue weighted by Crippen LogP contribution is 2.07. The fourth-order valence-corrected chi connectivity index (χ4v) is 1.89. The van der Waals surface area contributed by atoms with Crippen LogP contribution in [0.15, 0.2) is 30.3 Å². The molecule has 1 rings (SSSR count). The summed E-state index contributed by atoms with van der Waals surface area (Å²) in [4.78, 5) is 2.36. The standard InChI is InChI=1S/C14H24N2O/c1-13(12-17)10-16(9-5-8-15)11-14-6-3-2-4-7-14/h2-4,6-7,13,17H,5,8-12,15H2,1H3. The van der Waals surface area contributed by atoms with E-state index in [4.69, 9.17) is 10.8 Å². The lowest BCUT2D eigenvalue weighted by atomic mass is 10.1. The summed E-state index contributed by atoms with van der Waals surface area (Å²) < 4.78 is 0. The number of aliphatic hydroxyl groups is 1. The van der Waals surface area contributed by atoms with Crippen LogP contribution >= 0.6 is 0 Å². The molecule has 0 aliphatic heterocycles. The Bertz CT molecular complexity index is 290. The third-order valence-corrected chi connectivity index (χ3v) is 2.81. The second kappa shape index (κ2) is 8.23. The van der Waals surface area contributed by atoms with Crippen LogP contribution in [0.3, 0.4) is 0 Å². The van der Waals surface area contributed by atoms with Gasteiger partial charge in [0.2, 0.25) is 0 Å². The lowest BCUT2D eigenvalue weighted by Crippen LogP contribution is -2.31. The van der Waals surface area contributed by atoms with Gasteiger partial charge < -0.3 is 10.8 Å². The Morgan fingerprint density at radius 3 is 2.59 bits per heavy atom. The van der Waals surface area contributed by atoms with Crippen LogP contribution in [0.1, 0.15) is 18.9 Å². The molecule has 0 bridgehead atoms. The molecule has 0 aliphatic rings. The van der Waals surface area contributed by atoms with Gasteiger partial charge >= 0.3 is 0 Å². The molecule has 0 saturated heterocycles. The molecule has 1 aromatic rings. The fraction of sp³-hybridized carbons (Fsp3) is 0.571. The molecule has 0 heterocycles. The first kappa shape index (κ1) is 14.2. The second-order valence-corrected chi connectivity index (χ2v) is 4.65. The lowest BCUT2D eigenvalue weighted by molar-refractivity contribution is 0.167. The van der Waals surface area contributed by atoms with Crippen molar-refractivity contribution < 1.29 is 5.11 Å². The summed E-state index contributed by atoms with van der Waals surface area (Å²) in [6, 6.07) is 10.4. The summed E-state index contributed by atoms with van der Waals surface area (Å²) in [6.07, 6.45) is 1.00. The van der Waals surface area contributed by atoms with Gasteiger partial charge in [0.15, 0.2) is 0 Å². The van der Waals surface area contributed by atoms with Crippen molar-refractivity contribution in [2.75, 3.05) is 26.2 Å². The quantitative estimate of drug-likeness (QED) is 0.718. The van der Waals surface area contributed by atoms with Crippen LogP contribution in [0.2, 0.25) is 0 Å². The fourth-order valence-electron chi connectivity index (χ4n) is 1.89. The highest BCUT2D eigenvalue weighted by atomic mass is 16.3. The van der Waals surface area contributed by atoms with E-state index in [1.165, 1.54) is 5.56 Å². The molecule has 0 saturated carbocycles. The van der Waals surface area contributed by atoms with Crippen molar-refractivity contribution in [3.05, 3.63) is 35.9 Å². The van der Waals surface area contributed by atoms with E-state index in [0.717, 1.165) is 32.6 Å². The van der Waals surface area contributed by atoms with Gasteiger partial charge in [-0.15, -0.1) is 0 Å². The summed E-state index contributed by atoms with van der Waals surface area (Å²) in [5.41, 5.74) is 6.87. The summed E-state index contributed by atoms with van der Waals surface area (Å²) in [7, 11) is 0. The minimum atomic E-state index is 0.244. The van der Waals surface area contributed by atoms with E-state index in [-0.39, 0.29) is 6.61 Å². The molecule has 3 nitrogen and oxygen atoms in total. The third kappa shape index (κ3) is 5.82. The summed E-state index contributed by atoms with van der Waals surface area (Å²) in [5, 5.41) is 9.12. The molecule has 1 atom stereocenters. The van der Waals surface area contributed by atoms with Crippen LogP contribution in [0.4, 0.5) is 0 Å². The van der Waals surface area contributed by atoms with Gasteiger partial charge in [-0.3, -0.25) is 4.90 Å². The first-order chi connectivity index (χ1) is 8.26. The van der Waals surface area contributed by atoms with Crippen molar-refractivity contribution >= 4 is 0 Å². The molecule has 0 aromatic heterocycles. The number of hydrogen-bond donors (Lipinski definition) is 2. The predicted octanol–water partition coefficient (Wildman–Crippen LogP) is 1.47. The molecule has 17 heavy (non-hydrogen) atoms. The second-order valence-electron chi connectivity index (χ2n) is 4.65. The van der Waals surface area contributed by atoms with Crippen molar-refractivity contribution in [2.24, 2.45) is 11.7 Å². The first-order valence-electron chi connectivity index (χ1n) is 6.33. The van der Waals surface area contributed by atoms with Gasteiger partial charge in [0.05, 0.1) is 0 Å². The molecule has 3 N–H and O–H groups in total. The van der Waals surface area contributed by atoms with Crippen molar-refractivity contribution in [1.29, 1.82) is 0 Å².